The smallest absolute Gasteiger partial charge is 0.348 e. The van der Waals surface area contributed by atoms with E-state index in [9.17, 15) is 14.4 Å². The number of nitrogens with zero attached hydrogens (tertiary/aromatic N) is 2. The van der Waals surface area contributed by atoms with Gasteiger partial charge in [0.15, 0.2) is 11.6 Å². The van der Waals surface area contributed by atoms with E-state index in [-0.39, 0.29) is 11.6 Å². The Bertz CT molecular complexity index is 1420. The summed E-state index contributed by atoms with van der Waals surface area (Å²) in [4.78, 5) is 47.5. The van der Waals surface area contributed by atoms with Gasteiger partial charge < -0.3 is 10.1 Å². The first kappa shape index (κ1) is 19.1. The van der Waals surface area contributed by atoms with Gasteiger partial charge in [-0.05, 0) is 30.7 Å². The van der Waals surface area contributed by atoms with Gasteiger partial charge in [-0.15, -0.1) is 11.3 Å². The normalized spacial score (nSPS) is 12.5. The summed E-state index contributed by atoms with van der Waals surface area (Å²) in [7, 11) is 1.33. The minimum absolute atomic E-state index is 0.169. The van der Waals surface area contributed by atoms with Gasteiger partial charge in [-0.3, -0.25) is 9.59 Å². The van der Waals surface area contributed by atoms with Crippen molar-refractivity contribution in [3.63, 3.8) is 0 Å². The lowest BCUT2D eigenvalue weighted by molar-refractivity contribution is 0.0605. The molecule has 0 saturated heterocycles. The molecule has 2 aromatic heterocycles. The summed E-state index contributed by atoms with van der Waals surface area (Å²) < 4.78 is 4.85. The van der Waals surface area contributed by atoms with E-state index in [1.165, 1.54) is 24.8 Å². The summed E-state index contributed by atoms with van der Waals surface area (Å²) in [5.74, 6) is -0.286. The zero-order chi connectivity index (χ0) is 21.7. The summed E-state index contributed by atoms with van der Waals surface area (Å²) in [5.41, 5.74) is 2.86. The highest BCUT2D eigenvalue weighted by molar-refractivity contribution is 7.20. The number of anilines is 2. The number of fused-ring (bicyclic) bond motifs is 3. The second kappa shape index (κ2) is 7.10. The van der Waals surface area contributed by atoms with Gasteiger partial charge in [-0.25, -0.2) is 14.8 Å². The number of benzene rings is 2. The zero-order valence-electron chi connectivity index (χ0n) is 16.6. The van der Waals surface area contributed by atoms with Crippen molar-refractivity contribution in [2.75, 3.05) is 12.4 Å². The number of aryl methyl sites for hydroxylation is 1. The highest BCUT2D eigenvalue weighted by Gasteiger charge is 2.29. The summed E-state index contributed by atoms with van der Waals surface area (Å²) in [6.45, 7) is 1.81. The number of methoxy groups -OCH3 is 1. The lowest BCUT2D eigenvalue weighted by atomic mass is 9.84. The first-order chi connectivity index (χ1) is 15.0. The summed E-state index contributed by atoms with van der Waals surface area (Å²) in [5, 5.41) is 3.91. The first-order valence-electron chi connectivity index (χ1n) is 9.41. The van der Waals surface area contributed by atoms with Crippen LogP contribution in [-0.4, -0.2) is 34.6 Å². The van der Waals surface area contributed by atoms with Crippen molar-refractivity contribution in [3.8, 4) is 0 Å². The predicted octanol–water partition coefficient (Wildman–Crippen LogP) is 4.31. The molecule has 4 aromatic rings. The predicted molar refractivity (Wildman–Crippen MR) is 117 cm³/mol. The van der Waals surface area contributed by atoms with Crippen molar-refractivity contribution < 1.29 is 19.1 Å². The zero-order valence-corrected chi connectivity index (χ0v) is 17.4. The van der Waals surface area contributed by atoms with Crippen LogP contribution < -0.4 is 5.32 Å². The van der Waals surface area contributed by atoms with Gasteiger partial charge in [0.2, 0.25) is 0 Å². The maximum Gasteiger partial charge on any atom is 0.348 e. The lowest BCUT2D eigenvalue weighted by Crippen LogP contribution is -2.20. The van der Waals surface area contributed by atoms with Crippen LogP contribution in [-0.2, 0) is 4.74 Å². The maximum atomic E-state index is 13.0. The maximum absolute atomic E-state index is 13.0. The third-order valence-corrected chi connectivity index (χ3v) is 6.47. The minimum Gasteiger partial charge on any atom is -0.465 e. The molecule has 152 valence electrons. The molecule has 1 aliphatic carbocycles. The van der Waals surface area contributed by atoms with Gasteiger partial charge in [0, 0.05) is 27.9 Å². The Morgan fingerprint density at radius 2 is 1.65 bits per heavy atom. The molecule has 31 heavy (non-hydrogen) atoms. The molecule has 2 heterocycles. The number of hydrogen-bond donors (Lipinski definition) is 1. The molecule has 0 radical (unpaired) electrons. The quantitative estimate of drug-likeness (QED) is 0.427. The van der Waals surface area contributed by atoms with Gasteiger partial charge in [0.1, 0.15) is 21.9 Å². The SMILES string of the molecule is COC(=O)c1sc2ncnc(Nc3ccc4c(c3)C(=O)c3ccccc3C4=O)c2c1C. The van der Waals surface area contributed by atoms with Crippen molar-refractivity contribution in [3.05, 3.63) is 81.5 Å². The number of carbonyl (C=O) groups excluding carboxylic acids is 3. The Labute approximate surface area is 180 Å². The number of ketones is 2. The first-order valence-corrected chi connectivity index (χ1v) is 10.2. The highest BCUT2D eigenvalue weighted by atomic mass is 32.1. The molecule has 0 bridgehead atoms. The van der Waals surface area contributed by atoms with Gasteiger partial charge in [0.05, 0.1) is 12.5 Å². The molecule has 0 spiro atoms. The standard InChI is InChI=1S/C23H15N3O4S/c1-11-17-21(24-10-25-22(17)31-20(11)23(29)30-2)26-12-7-8-15-16(9-12)19(28)14-6-4-3-5-13(14)18(15)27/h3-10H,1-2H3,(H,24,25,26). The van der Waals surface area contributed by atoms with Crippen LogP contribution in [0.25, 0.3) is 10.2 Å². The Balaban J connectivity index is 1.57. The molecule has 1 N–H and O–H groups in total. The second-order valence-corrected chi connectivity index (χ2v) is 8.04. The van der Waals surface area contributed by atoms with Gasteiger partial charge in [0.25, 0.3) is 0 Å². The van der Waals surface area contributed by atoms with Crippen LogP contribution in [0.2, 0.25) is 0 Å². The third-order valence-electron chi connectivity index (χ3n) is 5.29. The summed E-state index contributed by atoms with van der Waals surface area (Å²) in [6.07, 6.45) is 1.41. The van der Waals surface area contributed by atoms with Crippen molar-refractivity contribution in [2.45, 2.75) is 6.92 Å². The number of rotatable bonds is 3. The van der Waals surface area contributed by atoms with Crippen LogP contribution in [0.3, 0.4) is 0 Å². The molecular formula is C23H15N3O4S. The van der Waals surface area contributed by atoms with E-state index >= 15 is 0 Å². The van der Waals surface area contributed by atoms with Crippen LogP contribution in [0.5, 0.6) is 0 Å². The van der Waals surface area contributed by atoms with E-state index in [0.29, 0.717) is 54.4 Å². The number of thiophene rings is 1. The van der Waals surface area contributed by atoms with Gasteiger partial charge in [-0.2, -0.15) is 0 Å². The monoisotopic (exact) mass is 429 g/mol. The molecule has 7 nitrogen and oxygen atoms in total. The Morgan fingerprint density at radius 1 is 0.968 bits per heavy atom. The van der Waals surface area contributed by atoms with Crippen molar-refractivity contribution >= 4 is 50.6 Å². The Morgan fingerprint density at radius 3 is 2.35 bits per heavy atom. The van der Waals surface area contributed by atoms with Crippen LogP contribution in [0, 0.1) is 6.92 Å². The van der Waals surface area contributed by atoms with Crippen molar-refractivity contribution in [1.29, 1.82) is 0 Å². The number of carbonyl (C=O) groups is 3. The van der Waals surface area contributed by atoms with E-state index in [0.717, 1.165) is 0 Å². The molecule has 2 aromatic carbocycles. The number of nitrogens with one attached hydrogen (secondary N) is 1. The highest BCUT2D eigenvalue weighted by Crippen LogP contribution is 2.36. The van der Waals surface area contributed by atoms with Crippen LogP contribution >= 0.6 is 11.3 Å². The van der Waals surface area contributed by atoms with E-state index < -0.39 is 5.97 Å². The largest absolute Gasteiger partial charge is 0.465 e. The average Bonchev–Trinajstić information content (AvgIpc) is 3.14. The Hall–Kier alpha value is -3.91. The molecule has 1 aliphatic rings. The van der Waals surface area contributed by atoms with Crippen molar-refractivity contribution in [2.24, 2.45) is 0 Å². The molecule has 0 fully saturated rings. The van der Waals surface area contributed by atoms with Crippen molar-refractivity contribution in [1.82, 2.24) is 9.97 Å². The van der Waals surface area contributed by atoms with E-state index in [1.807, 2.05) is 6.92 Å². The average molecular weight is 429 g/mol. The molecular weight excluding hydrogens is 414 g/mol. The summed E-state index contributed by atoms with van der Waals surface area (Å²) in [6, 6.07) is 11.9. The van der Waals surface area contributed by atoms with E-state index in [2.05, 4.69) is 15.3 Å². The molecule has 5 rings (SSSR count). The number of ether oxygens (including phenoxy) is 1. The fourth-order valence-electron chi connectivity index (χ4n) is 3.77. The molecule has 0 unspecified atom stereocenters. The van der Waals surface area contributed by atoms with E-state index in [1.54, 1.807) is 42.5 Å². The van der Waals surface area contributed by atoms with Crippen LogP contribution in [0.4, 0.5) is 11.5 Å². The Kier molecular flexibility index (Phi) is 4.37. The summed E-state index contributed by atoms with van der Waals surface area (Å²) >= 11 is 1.23. The fourth-order valence-corrected chi connectivity index (χ4v) is 4.83. The van der Waals surface area contributed by atoms with Crippen LogP contribution in [0.15, 0.2) is 48.8 Å². The second-order valence-electron chi connectivity index (χ2n) is 7.04. The van der Waals surface area contributed by atoms with Gasteiger partial charge in [-0.1, -0.05) is 24.3 Å². The number of aromatic nitrogens is 2. The van der Waals surface area contributed by atoms with Crippen LogP contribution in [0.1, 0.15) is 47.1 Å². The minimum atomic E-state index is -0.428. The fraction of sp³-hybridized carbons (Fsp3) is 0.0870. The van der Waals surface area contributed by atoms with Gasteiger partial charge >= 0.3 is 5.97 Å². The third kappa shape index (κ3) is 2.91. The lowest BCUT2D eigenvalue weighted by Gasteiger charge is -2.18. The number of hydrogen-bond acceptors (Lipinski definition) is 8. The molecule has 0 aliphatic heterocycles. The number of esters is 1. The molecule has 0 saturated carbocycles. The van der Waals surface area contributed by atoms with E-state index in [4.69, 9.17) is 4.74 Å². The molecule has 8 heteroatoms. The molecule has 0 amide bonds. The topological polar surface area (TPSA) is 98.2 Å². The molecule has 0 atom stereocenters.